The molecule has 2 aliphatic rings. The van der Waals surface area contributed by atoms with Gasteiger partial charge in [0.15, 0.2) is 0 Å². The number of rotatable bonds is 1. The Morgan fingerprint density at radius 1 is 1.19 bits per heavy atom. The van der Waals surface area contributed by atoms with Crippen LogP contribution in [0.4, 0.5) is 5.00 Å². The van der Waals surface area contributed by atoms with Gasteiger partial charge in [-0.3, -0.25) is 9.79 Å². The Balaban J connectivity index is 1.91. The van der Waals surface area contributed by atoms with E-state index in [1.54, 1.807) is 11.3 Å². The van der Waals surface area contributed by atoms with E-state index in [2.05, 4.69) is 10.3 Å². The van der Waals surface area contributed by atoms with Gasteiger partial charge >= 0.3 is 0 Å². The highest BCUT2D eigenvalue weighted by atomic mass is 35.5. The second-order valence-corrected chi connectivity index (χ2v) is 6.82. The van der Waals surface area contributed by atoms with Crippen LogP contribution in [-0.4, -0.2) is 18.2 Å². The fraction of sp³-hybridized carbons (Fsp3) is 0.250. The zero-order valence-corrected chi connectivity index (χ0v) is 12.9. The van der Waals surface area contributed by atoms with Crippen LogP contribution in [0.5, 0.6) is 0 Å². The highest BCUT2D eigenvalue weighted by Crippen LogP contribution is 2.41. The summed E-state index contributed by atoms with van der Waals surface area (Å²) in [4.78, 5) is 17.8. The smallest absolute Gasteiger partial charge is 0.246 e. The van der Waals surface area contributed by atoms with Crippen LogP contribution in [0.25, 0.3) is 0 Å². The van der Waals surface area contributed by atoms with Gasteiger partial charge in [-0.2, -0.15) is 0 Å². The Kier molecular flexibility index (Phi) is 3.08. The lowest BCUT2D eigenvalue weighted by atomic mass is 9.99. The zero-order chi connectivity index (χ0) is 14.4. The number of anilines is 1. The van der Waals surface area contributed by atoms with Crippen LogP contribution >= 0.6 is 22.9 Å². The third-order valence-corrected chi connectivity index (χ3v) is 5.37. The number of carbonyl (C=O) groups excluding carboxylic acids is 1. The predicted octanol–water partition coefficient (Wildman–Crippen LogP) is 3.68. The van der Waals surface area contributed by atoms with Gasteiger partial charge in [-0.05, 0) is 37.0 Å². The average Bonchev–Trinajstić information content (AvgIpc) is 2.99. The van der Waals surface area contributed by atoms with Crippen molar-refractivity contribution in [1.82, 2.24) is 0 Å². The molecule has 0 bridgehead atoms. The van der Waals surface area contributed by atoms with Crippen molar-refractivity contribution in [2.45, 2.75) is 19.3 Å². The van der Waals surface area contributed by atoms with Crippen LogP contribution in [0.15, 0.2) is 29.3 Å². The number of hydrogen-bond acceptors (Lipinski definition) is 3. The molecule has 1 amide bonds. The maximum atomic E-state index is 11.9. The molecule has 0 atom stereocenters. The quantitative estimate of drug-likeness (QED) is 0.856. The standard InChI is InChI=1S/C16H13ClN2OS/c17-10-6-4-9(5-7-10)15-14-11-2-1-3-12(11)21-16(14)19-13(20)8-18-15/h4-7H,1-3,8H2,(H,19,20). The highest BCUT2D eigenvalue weighted by molar-refractivity contribution is 7.17. The molecular formula is C16H13ClN2OS. The summed E-state index contributed by atoms with van der Waals surface area (Å²) in [5.74, 6) is -0.0415. The summed E-state index contributed by atoms with van der Waals surface area (Å²) in [5.41, 5.74) is 4.43. The molecule has 0 saturated heterocycles. The van der Waals surface area contributed by atoms with Crippen molar-refractivity contribution in [1.29, 1.82) is 0 Å². The van der Waals surface area contributed by atoms with Gasteiger partial charge in [-0.15, -0.1) is 11.3 Å². The Morgan fingerprint density at radius 3 is 2.81 bits per heavy atom. The number of aryl methyl sites for hydroxylation is 1. The van der Waals surface area contributed by atoms with Crippen LogP contribution in [0.1, 0.15) is 28.0 Å². The van der Waals surface area contributed by atoms with Crippen molar-refractivity contribution in [3.8, 4) is 0 Å². The minimum atomic E-state index is -0.0415. The number of benzene rings is 1. The van der Waals surface area contributed by atoms with Crippen molar-refractivity contribution in [2.24, 2.45) is 4.99 Å². The molecule has 2 aromatic rings. The van der Waals surface area contributed by atoms with Crippen LogP contribution < -0.4 is 5.32 Å². The Hall–Kier alpha value is -1.65. The number of carbonyl (C=O) groups is 1. The fourth-order valence-corrected chi connectivity index (χ4v) is 4.42. The van der Waals surface area contributed by atoms with E-state index >= 15 is 0 Å². The number of halogens is 1. The number of thiophene rings is 1. The summed E-state index contributed by atoms with van der Waals surface area (Å²) < 4.78 is 0. The summed E-state index contributed by atoms with van der Waals surface area (Å²) in [6.45, 7) is 0.175. The van der Waals surface area contributed by atoms with E-state index in [1.807, 2.05) is 24.3 Å². The molecule has 1 aromatic carbocycles. The van der Waals surface area contributed by atoms with E-state index in [0.717, 1.165) is 34.7 Å². The predicted molar refractivity (Wildman–Crippen MR) is 86.9 cm³/mol. The van der Waals surface area contributed by atoms with Crippen molar-refractivity contribution in [2.75, 3.05) is 11.9 Å². The molecule has 0 fully saturated rings. The summed E-state index contributed by atoms with van der Waals surface area (Å²) in [6, 6.07) is 7.68. The molecule has 1 aromatic heterocycles. The SMILES string of the molecule is O=C1CN=C(c2ccc(Cl)cc2)c2c(sc3c2CCC3)N1. The van der Waals surface area contributed by atoms with E-state index in [-0.39, 0.29) is 12.5 Å². The molecule has 4 rings (SSSR count). The summed E-state index contributed by atoms with van der Waals surface area (Å²) in [5, 5.41) is 4.66. The second-order valence-electron chi connectivity index (χ2n) is 5.28. The molecule has 0 saturated carbocycles. The fourth-order valence-electron chi connectivity index (χ4n) is 2.98. The molecule has 0 spiro atoms. The highest BCUT2D eigenvalue weighted by Gasteiger charge is 2.28. The molecule has 1 N–H and O–H groups in total. The number of hydrogen-bond donors (Lipinski definition) is 1. The van der Waals surface area contributed by atoms with Gasteiger partial charge in [0.2, 0.25) is 5.91 Å². The third kappa shape index (κ3) is 2.19. The van der Waals surface area contributed by atoms with Gasteiger partial charge in [0.1, 0.15) is 11.5 Å². The summed E-state index contributed by atoms with van der Waals surface area (Å²) >= 11 is 7.68. The molecule has 1 aliphatic heterocycles. The monoisotopic (exact) mass is 316 g/mol. The molecule has 21 heavy (non-hydrogen) atoms. The molecule has 1 aliphatic carbocycles. The minimum Gasteiger partial charge on any atom is -0.316 e. The van der Waals surface area contributed by atoms with Crippen LogP contribution in [0.3, 0.4) is 0 Å². The number of fused-ring (bicyclic) bond motifs is 3. The van der Waals surface area contributed by atoms with Crippen LogP contribution in [-0.2, 0) is 17.6 Å². The molecule has 0 unspecified atom stereocenters. The van der Waals surface area contributed by atoms with Gasteiger partial charge in [0.05, 0.1) is 5.71 Å². The van der Waals surface area contributed by atoms with Crippen molar-refractivity contribution < 1.29 is 4.79 Å². The van der Waals surface area contributed by atoms with Gasteiger partial charge in [-0.25, -0.2) is 0 Å². The van der Waals surface area contributed by atoms with Crippen molar-refractivity contribution >= 4 is 39.6 Å². The number of nitrogens with one attached hydrogen (secondary N) is 1. The molecular weight excluding hydrogens is 304 g/mol. The second kappa shape index (κ2) is 4.97. The maximum absolute atomic E-state index is 11.9. The zero-order valence-electron chi connectivity index (χ0n) is 11.3. The van der Waals surface area contributed by atoms with E-state index in [0.29, 0.717) is 5.02 Å². The summed E-state index contributed by atoms with van der Waals surface area (Å²) in [6.07, 6.45) is 3.37. The van der Waals surface area contributed by atoms with Crippen LogP contribution in [0, 0.1) is 0 Å². The van der Waals surface area contributed by atoms with Crippen LogP contribution in [0.2, 0.25) is 5.02 Å². The van der Waals surface area contributed by atoms with Gasteiger partial charge in [-0.1, -0.05) is 23.7 Å². The molecule has 106 valence electrons. The van der Waals surface area contributed by atoms with E-state index in [4.69, 9.17) is 11.6 Å². The lowest BCUT2D eigenvalue weighted by Crippen LogP contribution is -2.12. The topological polar surface area (TPSA) is 41.5 Å². The number of aliphatic imine (C=N–C) groups is 1. The third-order valence-electron chi connectivity index (χ3n) is 3.91. The van der Waals surface area contributed by atoms with Crippen molar-refractivity contribution in [3.63, 3.8) is 0 Å². The van der Waals surface area contributed by atoms with Gasteiger partial charge < -0.3 is 5.32 Å². The largest absolute Gasteiger partial charge is 0.316 e. The molecule has 0 radical (unpaired) electrons. The first-order valence-electron chi connectivity index (χ1n) is 6.97. The Morgan fingerprint density at radius 2 is 2.00 bits per heavy atom. The average molecular weight is 317 g/mol. The molecule has 3 nitrogen and oxygen atoms in total. The lowest BCUT2D eigenvalue weighted by molar-refractivity contribution is -0.114. The van der Waals surface area contributed by atoms with Gasteiger partial charge in [0.25, 0.3) is 0 Å². The van der Waals surface area contributed by atoms with Gasteiger partial charge in [0, 0.05) is 21.0 Å². The lowest BCUT2D eigenvalue weighted by Gasteiger charge is -2.08. The van der Waals surface area contributed by atoms with E-state index in [9.17, 15) is 4.79 Å². The minimum absolute atomic E-state index is 0.0415. The number of amides is 1. The first-order chi connectivity index (χ1) is 10.2. The molecule has 2 heterocycles. The Labute approximate surface area is 131 Å². The first kappa shape index (κ1) is 13.0. The molecule has 5 heteroatoms. The number of nitrogens with zero attached hydrogens (tertiary/aromatic N) is 1. The van der Waals surface area contributed by atoms with Crippen molar-refractivity contribution in [3.05, 3.63) is 50.9 Å². The normalized spacial score (nSPS) is 16.8. The van der Waals surface area contributed by atoms with E-state index < -0.39 is 0 Å². The maximum Gasteiger partial charge on any atom is 0.246 e. The first-order valence-corrected chi connectivity index (χ1v) is 8.17. The Bertz CT molecular complexity index is 761. The summed E-state index contributed by atoms with van der Waals surface area (Å²) in [7, 11) is 0. The van der Waals surface area contributed by atoms with E-state index in [1.165, 1.54) is 16.9 Å².